The van der Waals surface area contributed by atoms with Crippen LogP contribution in [-0.4, -0.2) is 52.6 Å². The smallest absolute Gasteiger partial charge is 0.330 e. The fourth-order valence-corrected chi connectivity index (χ4v) is 4.30. The number of nitrogens with one attached hydrogen (secondary N) is 1. The maximum Gasteiger partial charge on any atom is 0.330 e. The fraction of sp³-hybridized carbons (Fsp3) is 0.435. The Labute approximate surface area is 172 Å². The molecule has 2 heterocycles. The molecule has 1 atom stereocenters. The van der Waals surface area contributed by atoms with Crippen molar-refractivity contribution in [3.8, 4) is 0 Å². The van der Waals surface area contributed by atoms with Gasteiger partial charge in [-0.25, -0.2) is 9.78 Å². The minimum Gasteiger partial charge on any atom is -0.463 e. The first-order chi connectivity index (χ1) is 14.2. The minimum atomic E-state index is -0.368. The molecule has 0 spiro atoms. The first-order valence-electron chi connectivity index (χ1n) is 10.5. The number of esters is 1. The van der Waals surface area contributed by atoms with Crippen LogP contribution in [0.4, 0.5) is 5.82 Å². The Balaban J connectivity index is 1.31. The zero-order valence-corrected chi connectivity index (χ0v) is 16.9. The highest BCUT2D eigenvalue weighted by molar-refractivity contribution is 5.86. The Morgan fingerprint density at radius 3 is 2.72 bits per heavy atom. The number of hydrogen-bond donors (Lipinski definition) is 1. The van der Waals surface area contributed by atoms with Gasteiger partial charge in [-0.3, -0.25) is 9.88 Å². The molecule has 0 radical (unpaired) electrons. The van der Waals surface area contributed by atoms with E-state index < -0.39 is 0 Å². The topological polar surface area (TPSA) is 67.3 Å². The summed E-state index contributed by atoms with van der Waals surface area (Å²) in [5.74, 6) is 0.410. The Hall–Kier alpha value is -2.73. The second-order valence-corrected chi connectivity index (χ2v) is 7.72. The van der Waals surface area contributed by atoms with Crippen LogP contribution in [0.2, 0.25) is 0 Å². The number of anilines is 1. The van der Waals surface area contributed by atoms with E-state index in [0.717, 1.165) is 31.6 Å². The van der Waals surface area contributed by atoms with Crippen molar-refractivity contribution in [3.63, 3.8) is 0 Å². The quantitative estimate of drug-likeness (QED) is 0.602. The molecule has 0 unspecified atom stereocenters. The van der Waals surface area contributed by atoms with E-state index in [-0.39, 0.29) is 5.97 Å². The maximum atomic E-state index is 11.4. The van der Waals surface area contributed by atoms with Crippen LogP contribution < -0.4 is 5.32 Å². The predicted molar refractivity (Wildman–Crippen MR) is 114 cm³/mol. The molecule has 4 rings (SSSR count). The molecule has 1 aromatic heterocycles. The SMILES string of the molecule is CCOC(=O)/C=C/c1cnc(N[C@@H]2CCCN(C3Cc4ccccc4C3)C2)cn1. The second-order valence-electron chi connectivity index (χ2n) is 7.72. The highest BCUT2D eigenvalue weighted by atomic mass is 16.5. The van der Waals surface area contributed by atoms with Gasteiger partial charge in [0.2, 0.25) is 0 Å². The molecule has 1 N–H and O–H groups in total. The van der Waals surface area contributed by atoms with Crippen molar-refractivity contribution in [2.24, 2.45) is 0 Å². The molecular formula is C23H28N4O2. The van der Waals surface area contributed by atoms with Crippen molar-refractivity contribution in [2.75, 3.05) is 25.0 Å². The van der Waals surface area contributed by atoms with Crippen molar-refractivity contribution in [2.45, 2.75) is 44.7 Å². The Morgan fingerprint density at radius 2 is 2.03 bits per heavy atom. The number of piperidine rings is 1. The zero-order chi connectivity index (χ0) is 20.1. The highest BCUT2D eigenvalue weighted by Crippen LogP contribution is 2.27. The number of likely N-dealkylation sites (tertiary alicyclic amines) is 1. The first kappa shape index (κ1) is 19.6. The molecule has 0 saturated carbocycles. The van der Waals surface area contributed by atoms with Gasteiger partial charge < -0.3 is 10.1 Å². The zero-order valence-electron chi connectivity index (χ0n) is 16.9. The maximum absolute atomic E-state index is 11.4. The number of nitrogens with zero attached hydrogens (tertiary/aromatic N) is 3. The van der Waals surface area contributed by atoms with Crippen molar-refractivity contribution < 1.29 is 9.53 Å². The van der Waals surface area contributed by atoms with Crippen molar-refractivity contribution in [3.05, 3.63) is 59.6 Å². The third-order valence-corrected chi connectivity index (χ3v) is 5.70. The van der Waals surface area contributed by atoms with Gasteiger partial charge in [-0.1, -0.05) is 24.3 Å². The van der Waals surface area contributed by atoms with Crippen molar-refractivity contribution in [1.82, 2.24) is 14.9 Å². The van der Waals surface area contributed by atoms with Crippen LogP contribution in [0.15, 0.2) is 42.7 Å². The lowest BCUT2D eigenvalue weighted by Crippen LogP contribution is -2.47. The normalized spacial score (nSPS) is 20.0. The van der Waals surface area contributed by atoms with Gasteiger partial charge in [0.05, 0.1) is 24.7 Å². The number of fused-ring (bicyclic) bond motifs is 1. The molecule has 1 aliphatic carbocycles. The van der Waals surface area contributed by atoms with Crippen molar-refractivity contribution >= 4 is 17.9 Å². The minimum absolute atomic E-state index is 0.364. The molecule has 6 nitrogen and oxygen atoms in total. The molecule has 1 aliphatic heterocycles. The molecule has 0 amide bonds. The van der Waals surface area contributed by atoms with Crippen LogP contribution in [-0.2, 0) is 22.4 Å². The van der Waals surface area contributed by atoms with Crippen molar-refractivity contribution in [1.29, 1.82) is 0 Å². The molecule has 152 valence electrons. The summed E-state index contributed by atoms with van der Waals surface area (Å²) in [6.07, 6.45) is 11.0. The molecule has 2 aliphatic rings. The number of hydrogen-bond acceptors (Lipinski definition) is 6. The summed E-state index contributed by atoms with van der Waals surface area (Å²) >= 11 is 0. The lowest BCUT2D eigenvalue weighted by molar-refractivity contribution is -0.137. The molecule has 1 aromatic carbocycles. The van der Waals surface area contributed by atoms with E-state index in [9.17, 15) is 4.79 Å². The predicted octanol–water partition coefficient (Wildman–Crippen LogP) is 3.10. The van der Waals surface area contributed by atoms with Gasteiger partial charge in [0.15, 0.2) is 0 Å². The molecule has 29 heavy (non-hydrogen) atoms. The number of carbonyl (C=O) groups excluding carboxylic acids is 1. The molecule has 0 bridgehead atoms. The summed E-state index contributed by atoms with van der Waals surface area (Å²) in [4.78, 5) is 22.8. The summed E-state index contributed by atoms with van der Waals surface area (Å²) in [6, 6.07) is 9.81. The summed E-state index contributed by atoms with van der Waals surface area (Å²) < 4.78 is 4.87. The van der Waals surface area contributed by atoms with E-state index in [4.69, 9.17) is 4.74 Å². The first-order valence-corrected chi connectivity index (χ1v) is 10.5. The van der Waals surface area contributed by atoms with E-state index in [0.29, 0.717) is 24.4 Å². The summed E-state index contributed by atoms with van der Waals surface area (Å²) in [6.45, 7) is 4.35. The van der Waals surface area contributed by atoms with Gasteiger partial charge in [-0.15, -0.1) is 0 Å². The third-order valence-electron chi connectivity index (χ3n) is 5.70. The van der Waals surface area contributed by atoms with Gasteiger partial charge in [0, 0.05) is 24.7 Å². The summed E-state index contributed by atoms with van der Waals surface area (Å²) in [7, 11) is 0. The standard InChI is InChI=1S/C23H28N4O2/c1-2-29-23(28)10-9-19-14-25-22(15-24-19)26-20-8-5-11-27(16-20)21-12-17-6-3-4-7-18(17)13-21/h3-4,6-7,9-10,14-15,20-21H,2,5,8,11-13,16H2,1H3,(H,25,26)/b10-9+/t20-/m1/s1. The van der Waals surface area contributed by atoms with Gasteiger partial charge in [0.1, 0.15) is 5.82 Å². The monoisotopic (exact) mass is 392 g/mol. The molecule has 1 fully saturated rings. The highest BCUT2D eigenvalue weighted by Gasteiger charge is 2.30. The van der Waals surface area contributed by atoms with E-state index in [1.165, 1.54) is 30.2 Å². The van der Waals surface area contributed by atoms with Crippen LogP contribution in [0.3, 0.4) is 0 Å². The van der Waals surface area contributed by atoms with E-state index >= 15 is 0 Å². The average Bonchev–Trinajstić information content (AvgIpc) is 3.18. The van der Waals surface area contributed by atoms with Crippen LogP contribution >= 0.6 is 0 Å². The van der Waals surface area contributed by atoms with Crippen LogP contribution in [0.25, 0.3) is 6.08 Å². The van der Waals surface area contributed by atoms with Gasteiger partial charge >= 0.3 is 5.97 Å². The van der Waals surface area contributed by atoms with E-state index in [1.807, 2.05) is 0 Å². The summed E-state index contributed by atoms with van der Waals surface area (Å²) in [5, 5.41) is 3.54. The van der Waals surface area contributed by atoms with Gasteiger partial charge in [0.25, 0.3) is 0 Å². The lowest BCUT2D eigenvalue weighted by Gasteiger charge is -2.37. The third kappa shape index (κ3) is 5.01. The molecule has 2 aromatic rings. The Morgan fingerprint density at radius 1 is 1.24 bits per heavy atom. The average molecular weight is 393 g/mol. The number of carbonyl (C=O) groups is 1. The largest absolute Gasteiger partial charge is 0.463 e. The number of benzene rings is 1. The number of rotatable bonds is 6. The summed E-state index contributed by atoms with van der Waals surface area (Å²) in [5.41, 5.74) is 3.65. The Bertz CT molecular complexity index is 840. The van der Waals surface area contributed by atoms with Crippen LogP contribution in [0, 0.1) is 0 Å². The number of aromatic nitrogens is 2. The molecule has 1 saturated heterocycles. The van der Waals surface area contributed by atoms with Crippen LogP contribution in [0.5, 0.6) is 0 Å². The van der Waals surface area contributed by atoms with E-state index in [2.05, 4.69) is 44.5 Å². The lowest BCUT2D eigenvalue weighted by atomic mass is 10.0. The second kappa shape index (κ2) is 9.18. The molecular weight excluding hydrogens is 364 g/mol. The fourth-order valence-electron chi connectivity index (χ4n) is 4.30. The number of ether oxygens (including phenoxy) is 1. The van der Waals surface area contributed by atoms with Crippen LogP contribution in [0.1, 0.15) is 36.6 Å². The van der Waals surface area contributed by atoms with E-state index in [1.54, 1.807) is 25.4 Å². The van der Waals surface area contributed by atoms with Gasteiger partial charge in [-0.2, -0.15) is 0 Å². The van der Waals surface area contributed by atoms with Gasteiger partial charge in [-0.05, 0) is 56.4 Å². The Kier molecular flexibility index (Phi) is 6.20. The molecule has 6 heteroatoms.